The molecule has 0 saturated carbocycles. The highest BCUT2D eigenvalue weighted by atomic mass is 35.5. The first-order valence-electron chi connectivity index (χ1n) is 1.19. The third-order valence-electron chi connectivity index (χ3n) is 0.238. The molecular formula is C2H3Cl2O2. The SMILES string of the molecule is COC([O])(Cl)Cl. The van der Waals surface area contributed by atoms with Crippen LogP contribution in [-0.2, 0) is 9.84 Å². The molecule has 4 heteroatoms. The molecule has 0 heterocycles. The zero-order chi connectivity index (χ0) is 5.21. The van der Waals surface area contributed by atoms with Gasteiger partial charge in [-0.15, -0.1) is 0 Å². The van der Waals surface area contributed by atoms with Gasteiger partial charge in [0.05, 0.1) is 0 Å². The Bertz CT molecular complexity index is 39.3. The molecule has 1 radical (unpaired) electrons. The Hall–Kier alpha value is 0.500. The maximum absolute atomic E-state index is 9.78. The first-order valence-corrected chi connectivity index (χ1v) is 1.95. The van der Waals surface area contributed by atoms with Gasteiger partial charge in [-0.05, 0) is 23.2 Å². The molecule has 0 aliphatic rings. The molecule has 0 aromatic carbocycles. The zero-order valence-electron chi connectivity index (χ0n) is 3.07. The van der Waals surface area contributed by atoms with E-state index in [-0.39, 0.29) is 0 Å². The lowest BCUT2D eigenvalue weighted by Crippen LogP contribution is -2.09. The minimum Gasteiger partial charge on any atom is -0.326 e. The molecule has 37 valence electrons. The Labute approximate surface area is 45.6 Å². The van der Waals surface area contributed by atoms with Gasteiger partial charge in [0, 0.05) is 7.11 Å². The molecule has 0 fully saturated rings. The van der Waals surface area contributed by atoms with E-state index in [2.05, 4.69) is 4.74 Å². The highest BCUT2D eigenvalue weighted by Crippen LogP contribution is 2.16. The van der Waals surface area contributed by atoms with Gasteiger partial charge in [-0.3, -0.25) is 0 Å². The van der Waals surface area contributed by atoms with E-state index in [1.165, 1.54) is 0 Å². The van der Waals surface area contributed by atoms with Gasteiger partial charge in [0.1, 0.15) is 0 Å². The van der Waals surface area contributed by atoms with E-state index in [1.54, 1.807) is 0 Å². The maximum Gasteiger partial charge on any atom is 0.359 e. The minimum absolute atomic E-state index is 1.13. The molecule has 0 bridgehead atoms. The van der Waals surface area contributed by atoms with Crippen LogP contribution < -0.4 is 0 Å². The highest BCUT2D eigenvalue weighted by molar-refractivity contribution is 6.45. The van der Waals surface area contributed by atoms with E-state index in [1.807, 2.05) is 0 Å². The summed E-state index contributed by atoms with van der Waals surface area (Å²) in [5, 5.41) is 9.78. The quantitative estimate of drug-likeness (QED) is 0.386. The third-order valence-corrected chi connectivity index (χ3v) is 0.546. The van der Waals surface area contributed by atoms with Crippen molar-refractivity contribution in [2.75, 3.05) is 7.11 Å². The number of rotatable bonds is 1. The second-order valence-corrected chi connectivity index (χ2v) is 1.86. The van der Waals surface area contributed by atoms with E-state index in [9.17, 15) is 5.11 Å². The molecule has 2 nitrogen and oxygen atoms in total. The molecule has 0 aliphatic carbocycles. The van der Waals surface area contributed by atoms with Gasteiger partial charge in [-0.25, -0.2) is 0 Å². The van der Waals surface area contributed by atoms with Crippen LogP contribution in [0.3, 0.4) is 0 Å². The van der Waals surface area contributed by atoms with E-state index in [4.69, 9.17) is 23.2 Å². The summed E-state index contributed by atoms with van der Waals surface area (Å²) in [5.74, 6) is 0. The van der Waals surface area contributed by atoms with Gasteiger partial charge in [0.15, 0.2) is 0 Å². The van der Waals surface area contributed by atoms with Crippen molar-refractivity contribution < 1.29 is 9.84 Å². The number of methoxy groups -OCH3 is 1. The molecule has 0 unspecified atom stereocenters. The van der Waals surface area contributed by atoms with Crippen molar-refractivity contribution in [2.24, 2.45) is 0 Å². The van der Waals surface area contributed by atoms with Crippen molar-refractivity contribution in [3.05, 3.63) is 0 Å². The van der Waals surface area contributed by atoms with Crippen molar-refractivity contribution in [1.29, 1.82) is 0 Å². The molecule has 0 amide bonds. The summed E-state index contributed by atoms with van der Waals surface area (Å²) in [6, 6.07) is 0. The second-order valence-electron chi connectivity index (χ2n) is 0.667. The van der Waals surface area contributed by atoms with Gasteiger partial charge in [-0.2, -0.15) is 5.11 Å². The molecule has 0 aliphatic heterocycles. The highest BCUT2D eigenvalue weighted by Gasteiger charge is 2.18. The molecule has 0 atom stereocenters. The molecule has 0 rings (SSSR count). The lowest BCUT2D eigenvalue weighted by molar-refractivity contribution is -0.0932. The van der Waals surface area contributed by atoms with E-state index in [0.29, 0.717) is 0 Å². The molecular weight excluding hydrogens is 127 g/mol. The maximum atomic E-state index is 9.78. The van der Waals surface area contributed by atoms with Crippen molar-refractivity contribution in [3.8, 4) is 0 Å². The number of hydrogen-bond acceptors (Lipinski definition) is 1. The van der Waals surface area contributed by atoms with Gasteiger partial charge in [0.25, 0.3) is 0 Å². The molecule has 0 spiro atoms. The van der Waals surface area contributed by atoms with Gasteiger partial charge >= 0.3 is 4.71 Å². The van der Waals surface area contributed by atoms with Crippen molar-refractivity contribution in [3.63, 3.8) is 0 Å². The van der Waals surface area contributed by atoms with Crippen molar-refractivity contribution in [2.45, 2.75) is 4.71 Å². The van der Waals surface area contributed by atoms with Crippen LogP contribution in [-0.4, -0.2) is 11.8 Å². The lowest BCUT2D eigenvalue weighted by atomic mass is 11.4. The smallest absolute Gasteiger partial charge is 0.326 e. The molecule has 6 heavy (non-hydrogen) atoms. The Kier molecular flexibility index (Phi) is 2.15. The van der Waals surface area contributed by atoms with Crippen LogP contribution in [0.5, 0.6) is 0 Å². The Balaban J connectivity index is 3.17. The number of halogens is 2. The van der Waals surface area contributed by atoms with Crippen LogP contribution in [0.1, 0.15) is 0 Å². The molecule has 0 N–H and O–H groups in total. The van der Waals surface area contributed by atoms with Crippen LogP contribution in [0.2, 0.25) is 0 Å². The van der Waals surface area contributed by atoms with Gasteiger partial charge in [0.2, 0.25) is 0 Å². The number of ether oxygens (including phenoxy) is 1. The van der Waals surface area contributed by atoms with Crippen LogP contribution in [0, 0.1) is 0 Å². The van der Waals surface area contributed by atoms with Gasteiger partial charge < -0.3 is 4.74 Å². The molecule has 0 aromatic rings. The van der Waals surface area contributed by atoms with E-state index < -0.39 is 4.71 Å². The summed E-state index contributed by atoms with van der Waals surface area (Å²) in [6.07, 6.45) is 0. The average molecular weight is 130 g/mol. The van der Waals surface area contributed by atoms with Crippen LogP contribution in [0.4, 0.5) is 0 Å². The lowest BCUT2D eigenvalue weighted by Gasteiger charge is -2.02. The predicted molar refractivity (Wildman–Crippen MR) is 22.1 cm³/mol. The number of alkyl halides is 2. The van der Waals surface area contributed by atoms with Gasteiger partial charge in [-0.1, -0.05) is 0 Å². The van der Waals surface area contributed by atoms with Crippen LogP contribution in [0.25, 0.3) is 0 Å². The van der Waals surface area contributed by atoms with E-state index >= 15 is 0 Å². The fraction of sp³-hybridized carbons (Fsp3) is 1.00. The zero-order valence-corrected chi connectivity index (χ0v) is 4.58. The fourth-order valence-electron chi connectivity index (χ4n) is 0. The largest absolute Gasteiger partial charge is 0.359 e. The minimum atomic E-state index is -2.26. The molecule has 0 aromatic heterocycles. The summed E-state index contributed by atoms with van der Waals surface area (Å²) in [5.41, 5.74) is 0. The Morgan fingerprint density at radius 2 is 1.83 bits per heavy atom. The summed E-state index contributed by atoms with van der Waals surface area (Å²) in [6.45, 7) is 0. The topological polar surface area (TPSA) is 29.1 Å². The first-order chi connectivity index (χ1) is 2.56. The normalized spacial score (nSPS) is 12.0. The second kappa shape index (κ2) is 1.98. The predicted octanol–water partition coefficient (Wildman–Crippen LogP) is 1.15. The van der Waals surface area contributed by atoms with Crippen molar-refractivity contribution >= 4 is 23.2 Å². The van der Waals surface area contributed by atoms with Crippen molar-refractivity contribution in [1.82, 2.24) is 0 Å². The van der Waals surface area contributed by atoms with Crippen LogP contribution >= 0.6 is 23.2 Å². The fourth-order valence-corrected chi connectivity index (χ4v) is 0. The number of hydrogen-bond donors (Lipinski definition) is 0. The van der Waals surface area contributed by atoms with E-state index in [0.717, 1.165) is 7.11 Å². The summed E-state index contributed by atoms with van der Waals surface area (Å²) < 4.78 is 1.65. The Morgan fingerprint density at radius 3 is 1.83 bits per heavy atom. The molecule has 0 saturated heterocycles. The standard InChI is InChI=1S/C2H3Cl2O2/c1-6-2(3,4)5/h1H3. The first kappa shape index (κ1) is 6.50. The summed E-state index contributed by atoms with van der Waals surface area (Å²) in [4.78, 5) is 0. The van der Waals surface area contributed by atoms with Crippen LogP contribution in [0.15, 0.2) is 0 Å². The monoisotopic (exact) mass is 129 g/mol. The Morgan fingerprint density at radius 1 is 1.67 bits per heavy atom. The summed E-state index contributed by atoms with van der Waals surface area (Å²) in [7, 11) is 1.13. The average Bonchev–Trinajstić information content (AvgIpc) is 1.35. The third kappa shape index (κ3) is 4.50. The summed E-state index contributed by atoms with van der Waals surface area (Å²) >= 11 is 9.41.